The molecule has 0 aliphatic heterocycles. The summed E-state index contributed by atoms with van der Waals surface area (Å²) < 4.78 is 0. The van der Waals surface area contributed by atoms with E-state index in [1.807, 2.05) is 13.0 Å². The fourth-order valence-electron chi connectivity index (χ4n) is 1.32. The van der Waals surface area contributed by atoms with Crippen LogP contribution in [0.3, 0.4) is 0 Å². The van der Waals surface area contributed by atoms with Crippen molar-refractivity contribution in [3.05, 3.63) is 24.0 Å². The van der Waals surface area contributed by atoms with Crippen LogP contribution >= 0.6 is 12.2 Å². The van der Waals surface area contributed by atoms with Gasteiger partial charge in [-0.15, -0.1) is 0 Å². The quantitative estimate of drug-likeness (QED) is 0.643. The zero-order chi connectivity index (χ0) is 13.4. The normalized spacial score (nSPS) is 9.83. The number of nitrogens with one attached hydrogen (secondary N) is 2. The molecule has 1 amide bonds. The van der Waals surface area contributed by atoms with Gasteiger partial charge in [-0.05, 0) is 18.6 Å². The van der Waals surface area contributed by atoms with Gasteiger partial charge in [0.1, 0.15) is 4.99 Å². The van der Waals surface area contributed by atoms with Gasteiger partial charge in [-0.2, -0.15) is 0 Å². The smallest absolute Gasteiger partial charge is 0.221 e. The van der Waals surface area contributed by atoms with Gasteiger partial charge in [0, 0.05) is 19.5 Å². The fraction of sp³-hybridized carbons (Fsp3) is 0.417. The van der Waals surface area contributed by atoms with Crippen LogP contribution in [0.2, 0.25) is 0 Å². The first-order chi connectivity index (χ1) is 8.63. The third-order valence-electron chi connectivity index (χ3n) is 2.27. The van der Waals surface area contributed by atoms with Crippen molar-refractivity contribution in [1.82, 2.24) is 10.3 Å². The lowest BCUT2D eigenvalue weighted by Crippen LogP contribution is -2.25. The largest absolute Gasteiger partial charge is 0.388 e. The molecule has 0 aliphatic rings. The van der Waals surface area contributed by atoms with Crippen LogP contribution in [0, 0.1) is 0 Å². The van der Waals surface area contributed by atoms with E-state index in [1.165, 1.54) is 0 Å². The van der Waals surface area contributed by atoms with Gasteiger partial charge in [0.15, 0.2) is 0 Å². The molecular weight excluding hydrogens is 248 g/mol. The molecular formula is C12H18N4OS. The van der Waals surface area contributed by atoms with Crippen LogP contribution in [0.4, 0.5) is 5.69 Å². The SMILES string of the molecule is CCCNC(=O)CCNc1ccc(C(N)=S)nc1. The molecule has 1 rings (SSSR count). The summed E-state index contributed by atoms with van der Waals surface area (Å²) in [5.41, 5.74) is 6.89. The standard InChI is InChI=1S/C12H18N4OS/c1-2-6-15-11(17)5-7-14-9-3-4-10(12(13)18)16-8-9/h3-4,8,14H,2,5-7H2,1H3,(H2,13,18)(H,15,17). The number of amides is 1. The maximum atomic E-state index is 11.3. The van der Waals surface area contributed by atoms with Crippen molar-refractivity contribution in [3.8, 4) is 0 Å². The second-order valence-corrected chi connectivity index (χ2v) is 4.26. The molecule has 0 radical (unpaired) electrons. The average Bonchev–Trinajstić information content (AvgIpc) is 2.37. The van der Waals surface area contributed by atoms with Crippen LogP contribution in [0.15, 0.2) is 18.3 Å². The number of nitrogens with two attached hydrogens (primary N) is 1. The molecule has 4 N–H and O–H groups in total. The summed E-state index contributed by atoms with van der Waals surface area (Å²) in [6, 6.07) is 3.59. The van der Waals surface area contributed by atoms with Crippen molar-refractivity contribution in [3.63, 3.8) is 0 Å². The number of pyridine rings is 1. The molecule has 1 aromatic rings. The highest BCUT2D eigenvalue weighted by Gasteiger charge is 2.01. The van der Waals surface area contributed by atoms with Crippen molar-refractivity contribution in [2.45, 2.75) is 19.8 Å². The summed E-state index contributed by atoms with van der Waals surface area (Å²) in [7, 11) is 0. The Balaban J connectivity index is 2.31. The molecule has 0 aliphatic carbocycles. The predicted molar refractivity (Wildman–Crippen MR) is 76.5 cm³/mol. The van der Waals surface area contributed by atoms with Crippen LogP contribution in [0.5, 0.6) is 0 Å². The van der Waals surface area contributed by atoms with E-state index in [2.05, 4.69) is 15.6 Å². The Morgan fingerprint density at radius 1 is 1.44 bits per heavy atom. The predicted octanol–water partition coefficient (Wildman–Crippen LogP) is 1.04. The molecule has 0 atom stereocenters. The van der Waals surface area contributed by atoms with Gasteiger partial charge in [0.25, 0.3) is 0 Å². The van der Waals surface area contributed by atoms with Crippen LogP contribution in [0.1, 0.15) is 25.5 Å². The molecule has 1 aromatic heterocycles. The van der Waals surface area contributed by atoms with Crippen LogP contribution in [-0.2, 0) is 4.79 Å². The molecule has 0 fully saturated rings. The lowest BCUT2D eigenvalue weighted by molar-refractivity contribution is -0.120. The first-order valence-corrected chi connectivity index (χ1v) is 6.30. The number of hydrogen-bond donors (Lipinski definition) is 3. The maximum absolute atomic E-state index is 11.3. The molecule has 0 aromatic carbocycles. The minimum atomic E-state index is 0.0528. The molecule has 98 valence electrons. The number of nitrogens with zero attached hydrogens (tertiary/aromatic N) is 1. The van der Waals surface area contributed by atoms with Crippen molar-refractivity contribution in [1.29, 1.82) is 0 Å². The molecule has 1 heterocycles. The van der Waals surface area contributed by atoms with Crippen molar-refractivity contribution in [2.24, 2.45) is 5.73 Å². The van der Waals surface area contributed by atoms with Gasteiger partial charge >= 0.3 is 0 Å². The third-order valence-corrected chi connectivity index (χ3v) is 2.48. The van der Waals surface area contributed by atoms with E-state index >= 15 is 0 Å². The fourth-order valence-corrected chi connectivity index (χ4v) is 1.44. The molecule has 0 saturated heterocycles. The molecule has 0 bridgehead atoms. The van der Waals surface area contributed by atoms with Gasteiger partial charge in [-0.3, -0.25) is 9.78 Å². The van der Waals surface area contributed by atoms with Crippen LogP contribution in [-0.4, -0.2) is 29.0 Å². The summed E-state index contributed by atoms with van der Waals surface area (Å²) >= 11 is 4.81. The Hall–Kier alpha value is -1.69. The van der Waals surface area contributed by atoms with Crippen LogP contribution < -0.4 is 16.4 Å². The van der Waals surface area contributed by atoms with E-state index < -0.39 is 0 Å². The minimum absolute atomic E-state index is 0.0528. The Morgan fingerprint density at radius 3 is 2.78 bits per heavy atom. The third kappa shape index (κ3) is 5.09. The molecule has 5 nitrogen and oxygen atoms in total. The van der Waals surface area contributed by atoms with E-state index in [1.54, 1.807) is 12.3 Å². The number of thiocarbonyl (C=S) groups is 1. The summed E-state index contributed by atoms with van der Waals surface area (Å²) in [5.74, 6) is 0.0528. The molecule has 0 spiro atoms. The number of rotatable bonds is 7. The Kier molecular flexibility index (Phi) is 6.07. The summed E-state index contributed by atoms with van der Waals surface area (Å²) in [6.07, 6.45) is 3.04. The summed E-state index contributed by atoms with van der Waals surface area (Å²) in [5, 5.41) is 5.93. The average molecular weight is 266 g/mol. The van der Waals surface area contributed by atoms with E-state index in [0.717, 1.165) is 18.7 Å². The number of anilines is 1. The number of carbonyl (C=O) groups is 1. The van der Waals surface area contributed by atoms with Crippen molar-refractivity contribution >= 4 is 28.8 Å². The number of carbonyl (C=O) groups excluding carboxylic acids is 1. The van der Waals surface area contributed by atoms with Gasteiger partial charge in [0.05, 0.1) is 17.6 Å². The Labute approximate surface area is 112 Å². The molecule has 18 heavy (non-hydrogen) atoms. The highest BCUT2D eigenvalue weighted by atomic mass is 32.1. The summed E-state index contributed by atoms with van der Waals surface area (Å²) in [4.78, 5) is 15.7. The Bertz CT molecular complexity index is 405. The highest BCUT2D eigenvalue weighted by molar-refractivity contribution is 7.80. The van der Waals surface area contributed by atoms with E-state index in [4.69, 9.17) is 18.0 Å². The zero-order valence-electron chi connectivity index (χ0n) is 10.4. The lowest BCUT2D eigenvalue weighted by Gasteiger charge is -2.07. The van der Waals surface area contributed by atoms with Crippen molar-refractivity contribution < 1.29 is 4.79 Å². The van der Waals surface area contributed by atoms with Gasteiger partial charge in [-0.1, -0.05) is 19.1 Å². The first kappa shape index (κ1) is 14.4. The van der Waals surface area contributed by atoms with Crippen molar-refractivity contribution in [2.75, 3.05) is 18.4 Å². The molecule has 0 saturated carbocycles. The second kappa shape index (κ2) is 7.60. The molecule has 0 unspecified atom stereocenters. The molecule has 6 heteroatoms. The topological polar surface area (TPSA) is 80.0 Å². The van der Waals surface area contributed by atoms with E-state index in [0.29, 0.717) is 18.7 Å². The lowest BCUT2D eigenvalue weighted by atomic mass is 10.3. The van der Waals surface area contributed by atoms with Crippen LogP contribution in [0.25, 0.3) is 0 Å². The van der Waals surface area contributed by atoms with E-state index in [9.17, 15) is 4.79 Å². The van der Waals surface area contributed by atoms with E-state index in [-0.39, 0.29) is 10.9 Å². The first-order valence-electron chi connectivity index (χ1n) is 5.90. The van der Waals surface area contributed by atoms with Gasteiger partial charge in [-0.25, -0.2) is 0 Å². The number of hydrogen-bond acceptors (Lipinski definition) is 4. The van der Waals surface area contributed by atoms with Gasteiger partial charge in [0.2, 0.25) is 5.91 Å². The number of aromatic nitrogens is 1. The van der Waals surface area contributed by atoms with Gasteiger partial charge < -0.3 is 16.4 Å². The Morgan fingerprint density at radius 2 is 2.22 bits per heavy atom. The second-order valence-electron chi connectivity index (χ2n) is 3.82. The monoisotopic (exact) mass is 266 g/mol. The minimum Gasteiger partial charge on any atom is -0.388 e. The zero-order valence-corrected chi connectivity index (χ0v) is 11.2. The highest BCUT2D eigenvalue weighted by Crippen LogP contribution is 2.05. The summed E-state index contributed by atoms with van der Waals surface area (Å²) in [6.45, 7) is 3.32. The maximum Gasteiger partial charge on any atom is 0.221 e.